The van der Waals surface area contributed by atoms with Crippen LogP contribution in [0.15, 0.2) is 0 Å². The van der Waals surface area contributed by atoms with Crippen molar-refractivity contribution < 1.29 is 14.7 Å². The van der Waals surface area contributed by atoms with Gasteiger partial charge in [-0.3, -0.25) is 9.59 Å². The molecule has 1 amide bonds. The zero-order chi connectivity index (χ0) is 14.3. The van der Waals surface area contributed by atoms with Crippen LogP contribution in [0.1, 0.15) is 34.1 Å². The molecular formula is C13H26N2O3. The van der Waals surface area contributed by atoms with Gasteiger partial charge in [-0.2, -0.15) is 0 Å². The molecular weight excluding hydrogens is 232 g/mol. The number of hydrogen-bond donors (Lipinski definition) is 3. The summed E-state index contributed by atoms with van der Waals surface area (Å²) in [6.07, 6.45) is 0.545. The lowest BCUT2D eigenvalue weighted by Crippen LogP contribution is -2.39. The predicted molar refractivity (Wildman–Crippen MR) is 71.3 cm³/mol. The van der Waals surface area contributed by atoms with Crippen LogP contribution in [0.2, 0.25) is 0 Å². The first-order valence-electron chi connectivity index (χ1n) is 6.32. The molecule has 0 fully saturated rings. The molecule has 0 rings (SSSR count). The zero-order valence-electron chi connectivity index (χ0n) is 12.0. The minimum absolute atomic E-state index is 0.0651. The molecule has 2 atom stereocenters. The van der Waals surface area contributed by atoms with E-state index in [-0.39, 0.29) is 23.8 Å². The van der Waals surface area contributed by atoms with Crippen molar-refractivity contribution in [2.24, 2.45) is 17.3 Å². The van der Waals surface area contributed by atoms with Gasteiger partial charge in [0.1, 0.15) is 0 Å². The lowest BCUT2D eigenvalue weighted by molar-refractivity contribution is -0.142. The van der Waals surface area contributed by atoms with Crippen molar-refractivity contribution in [3.63, 3.8) is 0 Å². The van der Waals surface area contributed by atoms with Crippen LogP contribution in [0.5, 0.6) is 0 Å². The first kappa shape index (κ1) is 16.9. The fraction of sp³-hybridized carbons (Fsp3) is 0.846. The van der Waals surface area contributed by atoms with E-state index < -0.39 is 11.9 Å². The summed E-state index contributed by atoms with van der Waals surface area (Å²) in [5.41, 5.74) is -0.0651. The Morgan fingerprint density at radius 3 is 2.17 bits per heavy atom. The van der Waals surface area contributed by atoms with Crippen LogP contribution in [-0.4, -0.2) is 37.1 Å². The van der Waals surface area contributed by atoms with Gasteiger partial charge in [0.25, 0.3) is 0 Å². The van der Waals surface area contributed by atoms with Crippen LogP contribution in [-0.2, 0) is 9.59 Å². The van der Waals surface area contributed by atoms with E-state index in [2.05, 4.69) is 10.6 Å². The second-order valence-corrected chi connectivity index (χ2v) is 6.00. The third-order valence-electron chi connectivity index (χ3n) is 2.69. The number of rotatable bonds is 7. The molecule has 0 spiro atoms. The molecule has 5 heteroatoms. The van der Waals surface area contributed by atoms with Crippen LogP contribution in [0, 0.1) is 17.3 Å². The van der Waals surface area contributed by atoms with E-state index in [1.807, 2.05) is 27.7 Å². The Morgan fingerprint density at radius 2 is 1.78 bits per heavy atom. The van der Waals surface area contributed by atoms with Crippen molar-refractivity contribution >= 4 is 11.9 Å². The van der Waals surface area contributed by atoms with Gasteiger partial charge in [-0.05, 0) is 18.9 Å². The minimum Gasteiger partial charge on any atom is -0.481 e. The van der Waals surface area contributed by atoms with Gasteiger partial charge in [0.2, 0.25) is 5.91 Å². The topological polar surface area (TPSA) is 78.4 Å². The number of carbonyl (C=O) groups is 2. The number of carbonyl (C=O) groups excluding carboxylic acids is 1. The second-order valence-electron chi connectivity index (χ2n) is 6.00. The van der Waals surface area contributed by atoms with E-state index in [0.29, 0.717) is 13.0 Å². The highest BCUT2D eigenvalue weighted by molar-refractivity contribution is 5.79. The Labute approximate surface area is 109 Å². The number of carboxylic acids is 1. The smallest absolute Gasteiger partial charge is 0.308 e. The minimum atomic E-state index is -0.855. The molecule has 0 aromatic heterocycles. The van der Waals surface area contributed by atoms with Gasteiger partial charge in [0.05, 0.1) is 5.92 Å². The Hall–Kier alpha value is -1.10. The van der Waals surface area contributed by atoms with Crippen LogP contribution in [0.4, 0.5) is 0 Å². The van der Waals surface area contributed by atoms with E-state index in [0.717, 1.165) is 0 Å². The molecule has 0 radical (unpaired) electrons. The Kier molecular flexibility index (Phi) is 6.91. The van der Waals surface area contributed by atoms with E-state index in [1.54, 1.807) is 7.05 Å². The van der Waals surface area contributed by atoms with Gasteiger partial charge in [0.15, 0.2) is 0 Å². The first-order chi connectivity index (χ1) is 8.17. The molecule has 0 saturated heterocycles. The number of aliphatic carboxylic acids is 1. The highest BCUT2D eigenvalue weighted by Gasteiger charge is 2.25. The number of hydrogen-bond acceptors (Lipinski definition) is 3. The molecule has 18 heavy (non-hydrogen) atoms. The molecule has 5 nitrogen and oxygen atoms in total. The maximum absolute atomic E-state index is 11.7. The predicted octanol–water partition coefficient (Wildman–Crippen LogP) is 1.10. The summed E-state index contributed by atoms with van der Waals surface area (Å²) in [5, 5.41) is 14.8. The van der Waals surface area contributed by atoms with Crippen molar-refractivity contribution in [1.82, 2.24) is 10.6 Å². The van der Waals surface area contributed by atoms with Crippen LogP contribution in [0.3, 0.4) is 0 Å². The Bertz CT molecular complexity index is 284. The van der Waals surface area contributed by atoms with Crippen molar-refractivity contribution in [1.29, 1.82) is 0 Å². The Balaban J connectivity index is 4.28. The molecule has 0 aromatic carbocycles. The molecule has 2 unspecified atom stereocenters. The van der Waals surface area contributed by atoms with Crippen molar-refractivity contribution in [3.05, 3.63) is 0 Å². The number of nitrogens with one attached hydrogen (secondary N) is 2. The first-order valence-corrected chi connectivity index (χ1v) is 6.32. The summed E-state index contributed by atoms with van der Waals surface area (Å²) in [5.74, 6) is -1.65. The fourth-order valence-electron chi connectivity index (χ4n) is 1.78. The van der Waals surface area contributed by atoms with Crippen LogP contribution < -0.4 is 10.6 Å². The standard InChI is InChI=1S/C13H26N2O3/c1-9(7-14-5)11(16)15-8-10(12(17)18)6-13(2,3)4/h9-10,14H,6-8H2,1-5H3,(H,15,16)(H,17,18). The highest BCUT2D eigenvalue weighted by Crippen LogP contribution is 2.24. The SMILES string of the molecule is CNCC(C)C(=O)NCC(CC(C)(C)C)C(=O)O. The normalized spacial score (nSPS) is 14.9. The lowest BCUT2D eigenvalue weighted by atomic mass is 9.84. The number of carboxylic acid groups (broad SMARTS) is 1. The summed E-state index contributed by atoms with van der Waals surface area (Å²) in [4.78, 5) is 22.8. The van der Waals surface area contributed by atoms with Gasteiger partial charge in [0, 0.05) is 19.0 Å². The molecule has 106 valence electrons. The van der Waals surface area contributed by atoms with Gasteiger partial charge in [-0.15, -0.1) is 0 Å². The summed E-state index contributed by atoms with van der Waals surface area (Å²) in [7, 11) is 1.78. The summed E-state index contributed by atoms with van der Waals surface area (Å²) < 4.78 is 0. The molecule has 0 bridgehead atoms. The highest BCUT2D eigenvalue weighted by atomic mass is 16.4. The number of amides is 1. The molecule has 0 saturated carbocycles. The monoisotopic (exact) mass is 258 g/mol. The fourth-order valence-corrected chi connectivity index (χ4v) is 1.78. The molecule has 0 aliphatic heterocycles. The van der Waals surface area contributed by atoms with E-state index >= 15 is 0 Å². The third-order valence-corrected chi connectivity index (χ3v) is 2.69. The quantitative estimate of drug-likeness (QED) is 0.639. The molecule has 0 heterocycles. The maximum Gasteiger partial charge on any atom is 0.308 e. The average molecular weight is 258 g/mol. The van der Waals surface area contributed by atoms with Gasteiger partial charge >= 0.3 is 5.97 Å². The third kappa shape index (κ3) is 7.27. The van der Waals surface area contributed by atoms with E-state index in [9.17, 15) is 9.59 Å². The lowest BCUT2D eigenvalue weighted by Gasteiger charge is -2.24. The van der Waals surface area contributed by atoms with Crippen molar-refractivity contribution in [3.8, 4) is 0 Å². The molecule has 0 aromatic rings. The Morgan fingerprint density at radius 1 is 1.22 bits per heavy atom. The summed E-state index contributed by atoms with van der Waals surface area (Å²) in [6.45, 7) is 8.57. The molecule has 0 aliphatic carbocycles. The van der Waals surface area contributed by atoms with Gasteiger partial charge in [-0.1, -0.05) is 27.7 Å². The van der Waals surface area contributed by atoms with Gasteiger partial charge in [-0.25, -0.2) is 0 Å². The zero-order valence-corrected chi connectivity index (χ0v) is 12.0. The van der Waals surface area contributed by atoms with Crippen molar-refractivity contribution in [2.75, 3.05) is 20.1 Å². The van der Waals surface area contributed by atoms with Crippen LogP contribution >= 0.6 is 0 Å². The van der Waals surface area contributed by atoms with Crippen LogP contribution in [0.25, 0.3) is 0 Å². The summed E-state index contributed by atoms with van der Waals surface area (Å²) in [6, 6.07) is 0. The second kappa shape index (κ2) is 7.36. The van der Waals surface area contributed by atoms with Crippen molar-refractivity contribution in [2.45, 2.75) is 34.1 Å². The largest absolute Gasteiger partial charge is 0.481 e. The van der Waals surface area contributed by atoms with E-state index in [4.69, 9.17) is 5.11 Å². The maximum atomic E-state index is 11.7. The summed E-state index contributed by atoms with van der Waals surface area (Å²) >= 11 is 0. The van der Waals surface area contributed by atoms with E-state index in [1.165, 1.54) is 0 Å². The molecule has 3 N–H and O–H groups in total. The average Bonchev–Trinajstić information content (AvgIpc) is 2.22. The van der Waals surface area contributed by atoms with Gasteiger partial charge < -0.3 is 15.7 Å². The molecule has 0 aliphatic rings.